The molecule has 4 aromatic rings. The predicted molar refractivity (Wildman–Crippen MR) is 265 cm³/mol. The van der Waals surface area contributed by atoms with Crippen molar-refractivity contribution in [3.63, 3.8) is 0 Å². The van der Waals surface area contributed by atoms with Crippen LogP contribution in [0.1, 0.15) is 106 Å². The maximum absolute atomic E-state index is 13.3. The van der Waals surface area contributed by atoms with E-state index in [1.54, 1.807) is 32.9 Å². The highest BCUT2D eigenvalue weighted by atomic mass is 16.6. The highest BCUT2D eigenvalue weighted by Crippen LogP contribution is 2.16. The quantitative estimate of drug-likeness (QED) is 0.0468. The Kier molecular flexibility index (Phi) is 22.9. The van der Waals surface area contributed by atoms with Crippen LogP contribution in [0.2, 0.25) is 0 Å². The van der Waals surface area contributed by atoms with E-state index in [1.165, 1.54) is 0 Å². The molecule has 0 spiro atoms. The summed E-state index contributed by atoms with van der Waals surface area (Å²) < 4.78 is 5.34. The van der Waals surface area contributed by atoms with Gasteiger partial charge in [0.25, 0.3) is 0 Å². The minimum atomic E-state index is -0.961. The van der Waals surface area contributed by atoms with Crippen molar-refractivity contribution in [2.24, 2.45) is 17.2 Å². The zero-order valence-electron chi connectivity index (χ0n) is 40.4. The van der Waals surface area contributed by atoms with Gasteiger partial charge in [0.15, 0.2) is 11.6 Å². The van der Waals surface area contributed by atoms with Crippen molar-refractivity contribution in [3.8, 4) is 0 Å². The number of ether oxygens (including phenoxy) is 1. The second-order valence-corrected chi connectivity index (χ2v) is 17.9. The number of carbonyl (C=O) groups is 7. The van der Waals surface area contributed by atoms with Gasteiger partial charge in [0.05, 0.1) is 18.1 Å². The Morgan fingerprint density at radius 3 is 1.36 bits per heavy atom. The number of rotatable bonds is 25. The molecule has 0 radical (unpaired) electrons. The van der Waals surface area contributed by atoms with Crippen molar-refractivity contribution >= 4 is 52.9 Å². The summed E-state index contributed by atoms with van der Waals surface area (Å²) in [7, 11) is 0. The first-order valence-corrected chi connectivity index (χ1v) is 23.1. The summed E-state index contributed by atoms with van der Waals surface area (Å²) in [5.41, 5.74) is 32.5. The molecule has 4 atom stereocenters. The van der Waals surface area contributed by atoms with E-state index < -0.39 is 59.5 Å². The fourth-order valence-electron chi connectivity index (χ4n) is 7.14. The Bertz CT molecular complexity index is 2340. The molecule has 5 amide bonds. The number of hydrogen-bond donors (Lipinski definition) is 8. The summed E-state index contributed by atoms with van der Waals surface area (Å²) in [6.45, 7) is 8.81. The van der Waals surface area contributed by atoms with Crippen molar-refractivity contribution in [1.29, 1.82) is 0 Å². The maximum Gasteiger partial charge on any atom is 0.408 e. The zero-order chi connectivity index (χ0) is 51.1. The number of nitrogens with one attached hydrogen (secondary N) is 3. The molecule has 0 saturated heterocycles. The number of aryl methyl sites for hydroxylation is 6. The lowest BCUT2D eigenvalue weighted by Gasteiger charge is -2.25. The van der Waals surface area contributed by atoms with Gasteiger partial charge in [0, 0.05) is 37.1 Å². The van der Waals surface area contributed by atoms with Crippen LogP contribution in [0, 0.1) is 13.8 Å². The number of ketones is 2. The number of pyridine rings is 2. The number of anilines is 2. The van der Waals surface area contributed by atoms with Gasteiger partial charge in [-0.2, -0.15) is 0 Å². The Morgan fingerprint density at radius 1 is 0.536 bits per heavy atom. The number of nitrogens with two attached hydrogens (primary N) is 5. The van der Waals surface area contributed by atoms with Crippen molar-refractivity contribution in [2.75, 3.05) is 11.5 Å². The van der Waals surface area contributed by atoms with Crippen LogP contribution in [0.15, 0.2) is 84.9 Å². The van der Waals surface area contributed by atoms with Gasteiger partial charge in [0.2, 0.25) is 23.6 Å². The summed E-state index contributed by atoms with van der Waals surface area (Å²) in [5.74, 6) is -1.69. The molecule has 0 saturated carbocycles. The van der Waals surface area contributed by atoms with Crippen LogP contribution < -0.4 is 44.6 Å². The number of amides is 5. The van der Waals surface area contributed by atoms with Gasteiger partial charge in [-0.05, 0) is 120 Å². The molecule has 18 heteroatoms. The second kappa shape index (κ2) is 28.2. The van der Waals surface area contributed by atoms with Crippen LogP contribution in [0.5, 0.6) is 0 Å². The first kappa shape index (κ1) is 56.1. The molecule has 0 fully saturated rings. The first-order valence-electron chi connectivity index (χ1n) is 23.1. The Morgan fingerprint density at radius 2 is 0.957 bits per heavy atom. The van der Waals surface area contributed by atoms with Gasteiger partial charge in [-0.3, -0.25) is 28.8 Å². The van der Waals surface area contributed by atoms with E-state index in [9.17, 15) is 33.6 Å². The molecule has 2 aromatic heterocycles. The Labute approximate surface area is 404 Å². The van der Waals surface area contributed by atoms with Crippen LogP contribution in [-0.4, -0.2) is 81.0 Å². The molecular formula is C51H70N10O8. The van der Waals surface area contributed by atoms with Gasteiger partial charge in [-0.1, -0.05) is 72.8 Å². The topological polar surface area (TPSA) is 321 Å². The minimum Gasteiger partial charge on any atom is -0.444 e. The third kappa shape index (κ3) is 22.0. The molecule has 0 unspecified atom stereocenters. The molecule has 69 heavy (non-hydrogen) atoms. The monoisotopic (exact) mass is 951 g/mol. The molecule has 2 heterocycles. The number of carbonyl (C=O) groups excluding carboxylic acids is 7. The van der Waals surface area contributed by atoms with Gasteiger partial charge in [0.1, 0.15) is 23.3 Å². The van der Waals surface area contributed by atoms with Crippen LogP contribution in [-0.2, 0) is 59.2 Å². The highest BCUT2D eigenvalue weighted by Gasteiger charge is 2.29. The lowest BCUT2D eigenvalue weighted by atomic mass is 9.98. The summed E-state index contributed by atoms with van der Waals surface area (Å²) >= 11 is 0. The average molecular weight is 951 g/mol. The largest absolute Gasteiger partial charge is 0.444 e. The Balaban J connectivity index is 0.000000373. The van der Waals surface area contributed by atoms with E-state index in [2.05, 4.69) is 25.9 Å². The van der Waals surface area contributed by atoms with Gasteiger partial charge in [-0.15, -0.1) is 0 Å². The number of hydrogen-bond acceptors (Lipinski definition) is 13. The summed E-state index contributed by atoms with van der Waals surface area (Å²) in [5, 5.41) is 8.07. The molecule has 0 aliphatic rings. The van der Waals surface area contributed by atoms with Crippen molar-refractivity contribution in [1.82, 2.24) is 25.9 Å². The lowest BCUT2D eigenvalue weighted by molar-refractivity contribution is -0.129. The number of nitrogens with zero attached hydrogens (tertiary/aromatic N) is 2. The van der Waals surface area contributed by atoms with Crippen LogP contribution in [0.4, 0.5) is 16.4 Å². The normalized spacial score (nSPS) is 12.7. The molecule has 0 aliphatic carbocycles. The Hall–Kier alpha value is -7.21. The minimum absolute atomic E-state index is 0.00159. The van der Waals surface area contributed by atoms with E-state index in [0.29, 0.717) is 43.7 Å². The van der Waals surface area contributed by atoms with Gasteiger partial charge >= 0.3 is 6.09 Å². The number of Topliss-reactive ketones (excluding diaryl/α,β-unsaturated/α-hetero) is 2. The van der Waals surface area contributed by atoms with E-state index in [4.69, 9.17) is 33.4 Å². The summed E-state index contributed by atoms with van der Waals surface area (Å²) in [6.07, 6.45) is 2.43. The third-order valence-electron chi connectivity index (χ3n) is 11.0. The van der Waals surface area contributed by atoms with E-state index >= 15 is 0 Å². The van der Waals surface area contributed by atoms with Crippen LogP contribution >= 0.6 is 0 Å². The predicted octanol–water partition coefficient (Wildman–Crippen LogP) is 3.93. The summed E-state index contributed by atoms with van der Waals surface area (Å²) in [6, 6.07) is 22.8. The second-order valence-electron chi connectivity index (χ2n) is 17.9. The molecule has 18 nitrogen and oxygen atoms in total. The van der Waals surface area contributed by atoms with E-state index in [1.807, 2.05) is 86.6 Å². The van der Waals surface area contributed by atoms with Crippen LogP contribution in [0.3, 0.4) is 0 Å². The smallest absolute Gasteiger partial charge is 0.408 e. The maximum atomic E-state index is 13.3. The van der Waals surface area contributed by atoms with Crippen molar-refractivity contribution < 1.29 is 38.3 Å². The molecular weight excluding hydrogens is 881 g/mol. The molecule has 4 rings (SSSR count). The lowest BCUT2D eigenvalue weighted by Crippen LogP contribution is -2.52. The van der Waals surface area contributed by atoms with E-state index in [-0.39, 0.29) is 56.5 Å². The fraction of sp³-hybridized carbons (Fsp3) is 0.431. The van der Waals surface area contributed by atoms with Crippen LogP contribution in [0.25, 0.3) is 0 Å². The average Bonchev–Trinajstić information content (AvgIpc) is 3.28. The van der Waals surface area contributed by atoms with Crippen molar-refractivity contribution in [3.05, 3.63) is 119 Å². The molecule has 0 bridgehead atoms. The number of aromatic nitrogens is 2. The number of nitrogen functional groups attached to an aromatic ring is 2. The highest BCUT2D eigenvalue weighted by molar-refractivity contribution is 5.93. The standard InChI is InChI=1S/C28H39N5O5.C23H31N5O3/c1-18-20(12-16-24(29)31-18)11-15-23(34)21(14-17-25(30)35)32-26(36)22(33-27(37)38-28(2,3)4)13-10-19-8-6-5-7-9-19;1-15-17(9-13-21(25)27-15)8-12-20(29)19(11-14-22(26)30)28-23(31)18(24)10-7-16-5-3-2-4-6-16/h5-9,12,16,21-22H,10-11,13-15,17H2,1-4H3,(H2,29,31)(H2,30,35)(H,32,36)(H,33,37);2-6,9,13,18-19H,7-8,10-12,14,24H2,1H3,(H2,25,27)(H2,26,30)(H,28,31)/t21-,22+;18-,19+/m01/s1. The molecule has 13 N–H and O–H groups in total. The first-order chi connectivity index (χ1) is 32.6. The van der Waals surface area contributed by atoms with Gasteiger partial charge in [-0.25, -0.2) is 14.8 Å². The zero-order valence-corrected chi connectivity index (χ0v) is 40.4. The molecule has 0 aliphatic heterocycles. The third-order valence-corrected chi connectivity index (χ3v) is 11.0. The fourth-order valence-corrected chi connectivity index (χ4v) is 7.14. The van der Waals surface area contributed by atoms with Gasteiger partial charge < -0.3 is 49.4 Å². The number of benzene rings is 2. The van der Waals surface area contributed by atoms with E-state index in [0.717, 1.165) is 33.6 Å². The number of primary amides is 2. The number of alkyl carbamates (subject to hydrolysis) is 1. The molecule has 372 valence electrons. The SMILES string of the molecule is Cc1nc(N)ccc1CCC(=O)[C@H](CCC(N)=O)NC(=O)[C@@H](CCc1ccccc1)NC(=O)OC(C)(C)C.Cc1nc(N)ccc1CCC(=O)[C@H](CCC(N)=O)NC(=O)[C@H](N)CCc1ccccc1. The van der Waals surface area contributed by atoms with Crippen molar-refractivity contribution in [2.45, 2.75) is 141 Å². The molecule has 2 aromatic carbocycles. The summed E-state index contributed by atoms with van der Waals surface area (Å²) in [4.78, 5) is 95.3.